The maximum atomic E-state index is 11.4. The van der Waals surface area contributed by atoms with E-state index in [9.17, 15) is 10.1 Å². The van der Waals surface area contributed by atoms with Crippen molar-refractivity contribution in [2.24, 2.45) is 0 Å². The molecule has 0 aliphatic heterocycles. The van der Waals surface area contributed by atoms with E-state index in [0.717, 1.165) is 0 Å². The molecular formula is C14H16N4O3. The number of benzene rings is 1. The predicted molar refractivity (Wildman–Crippen MR) is 79.5 cm³/mol. The van der Waals surface area contributed by atoms with Crippen molar-refractivity contribution in [1.29, 1.82) is 0 Å². The summed E-state index contributed by atoms with van der Waals surface area (Å²) in [5, 5.41) is 14.2. The number of rotatable bonds is 6. The molecule has 0 amide bonds. The molecule has 1 heterocycles. The third-order valence-electron chi connectivity index (χ3n) is 2.77. The summed E-state index contributed by atoms with van der Waals surface area (Å²) in [6, 6.07) is 7.06. The van der Waals surface area contributed by atoms with E-state index in [2.05, 4.69) is 15.3 Å². The van der Waals surface area contributed by atoms with Crippen molar-refractivity contribution in [3.8, 4) is 17.0 Å². The Balaban J connectivity index is 2.55. The SMILES string of the molecule is CCNc1ncnc(-c2cccc(OCC)c2)c1[N+](=O)[O-]. The Bertz CT molecular complexity index is 646. The summed E-state index contributed by atoms with van der Waals surface area (Å²) < 4.78 is 5.42. The van der Waals surface area contributed by atoms with Crippen LogP contribution in [0.5, 0.6) is 5.75 Å². The summed E-state index contributed by atoms with van der Waals surface area (Å²) >= 11 is 0. The van der Waals surface area contributed by atoms with Crippen molar-refractivity contribution >= 4 is 11.5 Å². The number of aromatic nitrogens is 2. The van der Waals surface area contributed by atoms with Crippen LogP contribution in [-0.4, -0.2) is 28.0 Å². The first kappa shape index (κ1) is 14.7. The molecule has 2 aromatic rings. The smallest absolute Gasteiger partial charge is 0.337 e. The van der Waals surface area contributed by atoms with Gasteiger partial charge in [-0.25, -0.2) is 9.97 Å². The lowest BCUT2D eigenvalue weighted by Gasteiger charge is -2.08. The van der Waals surface area contributed by atoms with Crippen molar-refractivity contribution in [1.82, 2.24) is 9.97 Å². The van der Waals surface area contributed by atoms with Crippen molar-refractivity contribution in [2.75, 3.05) is 18.5 Å². The van der Waals surface area contributed by atoms with Gasteiger partial charge in [-0.05, 0) is 26.0 Å². The van der Waals surface area contributed by atoms with Crippen molar-refractivity contribution in [2.45, 2.75) is 13.8 Å². The van der Waals surface area contributed by atoms with Gasteiger partial charge >= 0.3 is 5.69 Å². The minimum Gasteiger partial charge on any atom is -0.494 e. The Morgan fingerprint density at radius 2 is 2.14 bits per heavy atom. The van der Waals surface area contributed by atoms with Gasteiger partial charge in [0.1, 0.15) is 12.1 Å². The molecule has 7 nitrogen and oxygen atoms in total. The van der Waals surface area contributed by atoms with Crippen LogP contribution in [-0.2, 0) is 0 Å². The minimum absolute atomic E-state index is 0.131. The maximum Gasteiger partial charge on any atom is 0.337 e. The van der Waals surface area contributed by atoms with Crippen LogP contribution < -0.4 is 10.1 Å². The fraction of sp³-hybridized carbons (Fsp3) is 0.286. The maximum absolute atomic E-state index is 11.4. The van der Waals surface area contributed by atoms with E-state index >= 15 is 0 Å². The van der Waals surface area contributed by atoms with Gasteiger partial charge in [0.2, 0.25) is 5.82 Å². The number of nitro groups is 1. The van der Waals surface area contributed by atoms with Crippen LogP contribution in [0.3, 0.4) is 0 Å². The number of nitrogens with zero attached hydrogens (tertiary/aromatic N) is 3. The molecular weight excluding hydrogens is 272 g/mol. The first-order chi connectivity index (χ1) is 10.2. The second-order valence-electron chi connectivity index (χ2n) is 4.17. The number of nitrogens with one attached hydrogen (secondary N) is 1. The van der Waals surface area contributed by atoms with Gasteiger partial charge in [0.05, 0.1) is 11.5 Å². The Kier molecular flexibility index (Phi) is 4.65. The third-order valence-corrected chi connectivity index (χ3v) is 2.77. The molecule has 0 unspecified atom stereocenters. The molecule has 1 N–H and O–H groups in total. The fourth-order valence-electron chi connectivity index (χ4n) is 1.96. The van der Waals surface area contributed by atoms with Gasteiger partial charge in [-0.15, -0.1) is 0 Å². The Morgan fingerprint density at radius 1 is 1.33 bits per heavy atom. The van der Waals surface area contributed by atoms with Gasteiger partial charge in [0.25, 0.3) is 0 Å². The lowest BCUT2D eigenvalue weighted by Crippen LogP contribution is -2.06. The normalized spacial score (nSPS) is 10.2. The van der Waals surface area contributed by atoms with Crippen molar-refractivity contribution in [3.05, 3.63) is 40.7 Å². The minimum atomic E-state index is -0.472. The fourth-order valence-corrected chi connectivity index (χ4v) is 1.96. The van der Waals surface area contributed by atoms with E-state index in [1.54, 1.807) is 24.3 Å². The molecule has 0 spiro atoms. The molecule has 0 atom stereocenters. The highest BCUT2D eigenvalue weighted by Gasteiger charge is 2.23. The zero-order chi connectivity index (χ0) is 15.2. The standard InChI is InChI=1S/C14H16N4O3/c1-3-15-14-13(18(19)20)12(16-9-17-14)10-6-5-7-11(8-10)21-4-2/h5-9H,3-4H2,1-2H3,(H,15,16,17). The van der Waals surface area contributed by atoms with Gasteiger partial charge in [-0.3, -0.25) is 10.1 Å². The molecule has 21 heavy (non-hydrogen) atoms. The molecule has 0 radical (unpaired) electrons. The highest BCUT2D eigenvalue weighted by atomic mass is 16.6. The molecule has 0 aliphatic rings. The van der Waals surface area contributed by atoms with E-state index in [4.69, 9.17) is 4.74 Å². The highest BCUT2D eigenvalue weighted by molar-refractivity contribution is 5.77. The van der Waals surface area contributed by atoms with Gasteiger partial charge in [0.15, 0.2) is 5.69 Å². The van der Waals surface area contributed by atoms with Crippen LogP contribution in [0.1, 0.15) is 13.8 Å². The van der Waals surface area contributed by atoms with Gasteiger partial charge < -0.3 is 10.1 Å². The Labute approximate surface area is 122 Å². The average molecular weight is 288 g/mol. The van der Waals surface area contributed by atoms with E-state index in [1.807, 2.05) is 13.8 Å². The third kappa shape index (κ3) is 3.25. The summed E-state index contributed by atoms with van der Waals surface area (Å²) in [6.45, 7) is 4.79. The molecule has 0 bridgehead atoms. The van der Waals surface area contributed by atoms with E-state index in [1.165, 1.54) is 6.33 Å². The Hall–Kier alpha value is -2.70. The van der Waals surface area contributed by atoms with E-state index in [-0.39, 0.29) is 17.2 Å². The summed E-state index contributed by atoms with van der Waals surface area (Å²) in [5.41, 5.74) is 0.759. The van der Waals surface area contributed by atoms with Crippen LogP contribution in [0.15, 0.2) is 30.6 Å². The van der Waals surface area contributed by atoms with Crippen LogP contribution in [0, 0.1) is 10.1 Å². The summed E-state index contributed by atoms with van der Waals surface area (Å²) in [4.78, 5) is 18.9. The number of hydrogen-bond acceptors (Lipinski definition) is 6. The molecule has 2 rings (SSSR count). The molecule has 0 aliphatic carbocycles. The largest absolute Gasteiger partial charge is 0.494 e. The van der Waals surface area contributed by atoms with E-state index < -0.39 is 4.92 Å². The van der Waals surface area contributed by atoms with Crippen LogP contribution in [0.2, 0.25) is 0 Å². The Morgan fingerprint density at radius 3 is 2.81 bits per heavy atom. The number of hydrogen-bond donors (Lipinski definition) is 1. The van der Waals surface area contributed by atoms with Gasteiger partial charge in [0, 0.05) is 12.1 Å². The summed E-state index contributed by atoms with van der Waals surface area (Å²) in [6.07, 6.45) is 1.31. The second-order valence-corrected chi connectivity index (χ2v) is 4.17. The summed E-state index contributed by atoms with van der Waals surface area (Å²) in [7, 11) is 0. The van der Waals surface area contributed by atoms with E-state index in [0.29, 0.717) is 24.5 Å². The molecule has 1 aromatic carbocycles. The predicted octanol–water partition coefficient (Wildman–Crippen LogP) is 2.88. The number of anilines is 1. The molecule has 0 saturated carbocycles. The molecule has 0 fully saturated rings. The zero-order valence-corrected chi connectivity index (χ0v) is 11.9. The lowest BCUT2D eigenvalue weighted by atomic mass is 10.1. The van der Waals surface area contributed by atoms with Crippen LogP contribution in [0.25, 0.3) is 11.3 Å². The van der Waals surface area contributed by atoms with Crippen molar-refractivity contribution in [3.63, 3.8) is 0 Å². The monoisotopic (exact) mass is 288 g/mol. The first-order valence-electron chi connectivity index (χ1n) is 6.63. The van der Waals surface area contributed by atoms with Crippen LogP contribution >= 0.6 is 0 Å². The highest BCUT2D eigenvalue weighted by Crippen LogP contribution is 2.33. The van der Waals surface area contributed by atoms with Crippen molar-refractivity contribution < 1.29 is 9.66 Å². The first-order valence-corrected chi connectivity index (χ1v) is 6.63. The molecule has 1 aromatic heterocycles. The number of ether oxygens (including phenoxy) is 1. The molecule has 0 saturated heterocycles. The molecule has 7 heteroatoms. The summed E-state index contributed by atoms with van der Waals surface area (Å²) in [5.74, 6) is 0.863. The van der Waals surface area contributed by atoms with Gasteiger partial charge in [-0.2, -0.15) is 0 Å². The molecule has 110 valence electrons. The second kappa shape index (κ2) is 6.65. The zero-order valence-electron chi connectivity index (χ0n) is 11.9. The average Bonchev–Trinajstić information content (AvgIpc) is 2.48. The quantitative estimate of drug-likeness (QED) is 0.649. The lowest BCUT2D eigenvalue weighted by molar-refractivity contribution is -0.383. The van der Waals surface area contributed by atoms with Crippen LogP contribution in [0.4, 0.5) is 11.5 Å². The topological polar surface area (TPSA) is 90.2 Å². The van der Waals surface area contributed by atoms with Gasteiger partial charge in [-0.1, -0.05) is 12.1 Å².